The third kappa shape index (κ3) is 3.76. The van der Waals surface area contributed by atoms with Crippen LogP contribution in [0.5, 0.6) is 0 Å². The van der Waals surface area contributed by atoms with Crippen molar-refractivity contribution in [3.05, 3.63) is 56.1 Å². The van der Waals surface area contributed by atoms with E-state index in [9.17, 15) is 9.59 Å². The Bertz CT molecular complexity index is 767. The van der Waals surface area contributed by atoms with Gasteiger partial charge < -0.3 is 9.88 Å². The van der Waals surface area contributed by atoms with Gasteiger partial charge >= 0.3 is 0 Å². The highest BCUT2D eigenvalue weighted by molar-refractivity contribution is 7.09. The highest BCUT2D eigenvalue weighted by Gasteiger charge is 2.23. The van der Waals surface area contributed by atoms with Gasteiger partial charge in [0.05, 0.1) is 0 Å². The second-order valence-corrected chi connectivity index (χ2v) is 7.41. The normalized spacial score (nSPS) is 18.5. The maximum absolute atomic E-state index is 12.5. The van der Waals surface area contributed by atoms with Crippen LogP contribution in [0, 0.1) is 6.92 Å². The SMILES string of the molecule is Cc1ccc(C(=O)NC2CCCN(Cc3cccs3)C2)c(=O)n1C. The van der Waals surface area contributed by atoms with Crippen LogP contribution in [0.25, 0.3) is 0 Å². The van der Waals surface area contributed by atoms with Gasteiger partial charge in [0.1, 0.15) is 5.56 Å². The van der Waals surface area contributed by atoms with Gasteiger partial charge in [0.25, 0.3) is 11.5 Å². The molecule has 24 heavy (non-hydrogen) atoms. The van der Waals surface area contributed by atoms with Gasteiger partial charge in [-0.3, -0.25) is 14.5 Å². The molecular weight excluding hydrogens is 322 g/mol. The summed E-state index contributed by atoms with van der Waals surface area (Å²) in [7, 11) is 1.69. The zero-order valence-electron chi connectivity index (χ0n) is 14.1. The van der Waals surface area contributed by atoms with E-state index in [4.69, 9.17) is 0 Å². The molecule has 0 spiro atoms. The Morgan fingerprint density at radius 1 is 1.38 bits per heavy atom. The van der Waals surface area contributed by atoms with Crippen molar-refractivity contribution in [3.63, 3.8) is 0 Å². The van der Waals surface area contributed by atoms with Gasteiger partial charge in [-0.1, -0.05) is 6.07 Å². The van der Waals surface area contributed by atoms with E-state index in [-0.39, 0.29) is 23.1 Å². The molecule has 1 atom stereocenters. The predicted molar refractivity (Wildman–Crippen MR) is 96.5 cm³/mol. The molecule has 0 bridgehead atoms. The van der Waals surface area contributed by atoms with Crippen LogP contribution in [-0.2, 0) is 13.6 Å². The average molecular weight is 345 g/mol. The fraction of sp³-hybridized carbons (Fsp3) is 0.444. The molecule has 6 heteroatoms. The lowest BCUT2D eigenvalue weighted by atomic mass is 10.0. The monoisotopic (exact) mass is 345 g/mol. The van der Waals surface area contributed by atoms with Gasteiger partial charge in [-0.2, -0.15) is 0 Å². The maximum Gasteiger partial charge on any atom is 0.263 e. The van der Waals surface area contributed by atoms with Gasteiger partial charge in [0.15, 0.2) is 0 Å². The van der Waals surface area contributed by atoms with Crippen LogP contribution < -0.4 is 10.9 Å². The lowest BCUT2D eigenvalue weighted by Gasteiger charge is -2.32. The van der Waals surface area contributed by atoms with Gasteiger partial charge in [0.2, 0.25) is 0 Å². The molecular formula is C18H23N3O2S. The summed E-state index contributed by atoms with van der Waals surface area (Å²) in [6.07, 6.45) is 2.01. The van der Waals surface area contributed by atoms with Gasteiger partial charge in [-0.05, 0) is 49.9 Å². The number of hydrogen-bond donors (Lipinski definition) is 1. The molecule has 1 fully saturated rings. The fourth-order valence-corrected chi connectivity index (χ4v) is 3.85. The Balaban J connectivity index is 1.64. The van der Waals surface area contributed by atoms with Gasteiger partial charge in [-0.25, -0.2) is 0 Å². The molecule has 2 aromatic heterocycles. The topological polar surface area (TPSA) is 54.3 Å². The first-order chi connectivity index (χ1) is 11.5. The predicted octanol–water partition coefficient (Wildman–Crippen LogP) is 2.15. The number of piperidine rings is 1. The van der Waals surface area contributed by atoms with Crippen molar-refractivity contribution >= 4 is 17.2 Å². The largest absolute Gasteiger partial charge is 0.348 e. The van der Waals surface area contributed by atoms with Crippen LogP contribution in [0.2, 0.25) is 0 Å². The Morgan fingerprint density at radius 2 is 2.21 bits per heavy atom. The summed E-state index contributed by atoms with van der Waals surface area (Å²) in [6.45, 7) is 4.66. The third-order valence-electron chi connectivity index (χ3n) is 4.60. The number of aryl methyl sites for hydroxylation is 1. The van der Waals surface area contributed by atoms with Crippen molar-refractivity contribution in [1.82, 2.24) is 14.8 Å². The smallest absolute Gasteiger partial charge is 0.263 e. The van der Waals surface area contributed by atoms with E-state index < -0.39 is 0 Å². The standard InChI is InChI=1S/C18H23N3O2S/c1-13-7-8-16(18(23)20(13)2)17(22)19-14-5-3-9-21(11-14)12-15-6-4-10-24-15/h4,6-8,10,14H,3,5,9,11-12H2,1-2H3,(H,19,22). The zero-order chi connectivity index (χ0) is 17.1. The van der Waals surface area contributed by atoms with Crippen molar-refractivity contribution in [3.8, 4) is 0 Å². The molecule has 1 aliphatic heterocycles. The summed E-state index contributed by atoms with van der Waals surface area (Å²) in [6, 6.07) is 7.73. The molecule has 5 nitrogen and oxygen atoms in total. The van der Waals surface area contributed by atoms with E-state index >= 15 is 0 Å². The number of thiophene rings is 1. The summed E-state index contributed by atoms with van der Waals surface area (Å²) in [5, 5.41) is 5.13. The third-order valence-corrected chi connectivity index (χ3v) is 5.46. The molecule has 1 amide bonds. The first-order valence-electron chi connectivity index (χ1n) is 8.27. The Kier molecular flexibility index (Phi) is 5.16. The van der Waals surface area contributed by atoms with E-state index in [1.54, 1.807) is 30.5 Å². The van der Waals surface area contributed by atoms with E-state index in [1.807, 2.05) is 6.92 Å². The molecule has 128 valence electrons. The Labute approximate surface area is 145 Å². The molecule has 2 aromatic rings. The van der Waals surface area contributed by atoms with Crippen LogP contribution >= 0.6 is 11.3 Å². The molecule has 1 aliphatic rings. The first-order valence-corrected chi connectivity index (χ1v) is 9.15. The molecule has 3 heterocycles. The lowest BCUT2D eigenvalue weighted by Crippen LogP contribution is -2.48. The van der Waals surface area contributed by atoms with Crippen molar-refractivity contribution in [2.75, 3.05) is 13.1 Å². The number of nitrogens with one attached hydrogen (secondary N) is 1. The molecule has 1 unspecified atom stereocenters. The summed E-state index contributed by atoms with van der Waals surface area (Å²) < 4.78 is 1.51. The van der Waals surface area contributed by atoms with E-state index in [2.05, 4.69) is 27.7 Å². The number of carbonyl (C=O) groups is 1. The molecule has 0 aromatic carbocycles. The molecule has 0 radical (unpaired) electrons. The number of hydrogen-bond acceptors (Lipinski definition) is 4. The highest BCUT2D eigenvalue weighted by atomic mass is 32.1. The lowest BCUT2D eigenvalue weighted by molar-refractivity contribution is 0.0899. The van der Waals surface area contributed by atoms with Crippen molar-refractivity contribution in [2.45, 2.75) is 32.4 Å². The van der Waals surface area contributed by atoms with Crippen molar-refractivity contribution in [1.29, 1.82) is 0 Å². The van der Waals surface area contributed by atoms with Gasteiger partial charge in [-0.15, -0.1) is 11.3 Å². The quantitative estimate of drug-likeness (QED) is 0.924. The molecule has 0 aliphatic carbocycles. The number of aromatic nitrogens is 1. The molecule has 1 N–H and O–H groups in total. The van der Waals surface area contributed by atoms with Crippen molar-refractivity contribution in [2.24, 2.45) is 7.05 Å². The van der Waals surface area contributed by atoms with Crippen LogP contribution in [0.4, 0.5) is 0 Å². The average Bonchev–Trinajstić information content (AvgIpc) is 3.06. The number of nitrogens with zero attached hydrogens (tertiary/aromatic N) is 2. The summed E-state index contributed by atoms with van der Waals surface area (Å²) in [5.41, 5.74) is 0.827. The van der Waals surface area contributed by atoms with Crippen molar-refractivity contribution < 1.29 is 4.79 Å². The number of likely N-dealkylation sites (tertiary alicyclic amines) is 1. The highest BCUT2D eigenvalue weighted by Crippen LogP contribution is 2.17. The number of rotatable bonds is 4. The number of amides is 1. The summed E-state index contributed by atoms with van der Waals surface area (Å²) in [4.78, 5) is 28.4. The van der Waals surface area contributed by atoms with E-state index in [1.165, 1.54) is 9.44 Å². The maximum atomic E-state index is 12.5. The molecule has 0 saturated carbocycles. The Hall–Kier alpha value is -1.92. The van der Waals surface area contributed by atoms with Crippen LogP contribution in [0.15, 0.2) is 34.4 Å². The minimum absolute atomic E-state index is 0.0946. The first kappa shape index (κ1) is 16.9. The minimum atomic E-state index is -0.265. The van der Waals surface area contributed by atoms with E-state index in [0.29, 0.717) is 0 Å². The summed E-state index contributed by atoms with van der Waals surface area (Å²) >= 11 is 1.76. The van der Waals surface area contributed by atoms with Gasteiger partial charge in [0, 0.05) is 36.8 Å². The number of carbonyl (C=O) groups excluding carboxylic acids is 1. The second-order valence-electron chi connectivity index (χ2n) is 6.38. The van der Waals surface area contributed by atoms with Crippen LogP contribution in [0.1, 0.15) is 33.8 Å². The number of pyridine rings is 1. The Morgan fingerprint density at radius 3 is 2.96 bits per heavy atom. The van der Waals surface area contributed by atoms with E-state index in [0.717, 1.165) is 38.2 Å². The fourth-order valence-electron chi connectivity index (χ4n) is 3.10. The molecule has 1 saturated heterocycles. The summed E-state index contributed by atoms with van der Waals surface area (Å²) in [5.74, 6) is -0.265. The van der Waals surface area contributed by atoms with Crippen LogP contribution in [-0.4, -0.2) is 34.5 Å². The zero-order valence-corrected chi connectivity index (χ0v) is 14.9. The minimum Gasteiger partial charge on any atom is -0.348 e. The molecule has 3 rings (SSSR count). The van der Waals surface area contributed by atoms with Crippen LogP contribution in [0.3, 0.4) is 0 Å². The second kappa shape index (κ2) is 7.32.